The first-order chi connectivity index (χ1) is 10.1. The van der Waals surface area contributed by atoms with Crippen LogP contribution in [0.15, 0.2) is 47.6 Å². The maximum absolute atomic E-state index is 11.8. The van der Waals surface area contributed by atoms with Gasteiger partial charge in [0.1, 0.15) is 0 Å². The molecule has 0 fully saturated rings. The van der Waals surface area contributed by atoms with E-state index in [4.69, 9.17) is 0 Å². The van der Waals surface area contributed by atoms with E-state index in [2.05, 4.69) is 14.7 Å². The third kappa shape index (κ3) is 5.20. The summed E-state index contributed by atoms with van der Waals surface area (Å²) in [6, 6.07) is 8.92. The van der Waals surface area contributed by atoms with Crippen LogP contribution in [0.2, 0.25) is 0 Å². The van der Waals surface area contributed by atoms with Gasteiger partial charge in [0.15, 0.2) is 10.9 Å². The van der Waals surface area contributed by atoms with Gasteiger partial charge in [-0.2, -0.15) is 0 Å². The van der Waals surface area contributed by atoms with Crippen molar-refractivity contribution in [3.05, 3.63) is 48.3 Å². The van der Waals surface area contributed by atoms with Crippen LogP contribution in [0, 0.1) is 0 Å². The van der Waals surface area contributed by atoms with E-state index >= 15 is 0 Å². The number of benzene rings is 1. The molecule has 0 aliphatic heterocycles. The molecule has 0 unspecified atom stereocenters. The number of hydrogen-bond acceptors (Lipinski definition) is 7. The van der Waals surface area contributed by atoms with Crippen LogP contribution in [-0.4, -0.2) is 26.6 Å². The molecule has 1 N–H and O–H groups in total. The average Bonchev–Trinajstić information content (AvgIpc) is 2.52. The quantitative estimate of drug-likeness (QED) is 0.648. The standard InChI is InChI=1S/C14H13N3O2S2/c1-10(18)20-9-13(19)11-3-5-12(6-4-11)21-17-14-15-7-2-8-16-14/h2-8H,9H2,1H3,(H,15,16,17). The second-order valence-electron chi connectivity index (χ2n) is 4.00. The Morgan fingerprint density at radius 2 is 1.81 bits per heavy atom. The highest BCUT2D eigenvalue weighted by molar-refractivity contribution is 8.14. The summed E-state index contributed by atoms with van der Waals surface area (Å²) < 4.78 is 3.01. The summed E-state index contributed by atoms with van der Waals surface area (Å²) in [5.74, 6) is 0.657. The van der Waals surface area contributed by atoms with Gasteiger partial charge in [0, 0.05) is 29.8 Å². The Morgan fingerprint density at radius 3 is 2.43 bits per heavy atom. The number of carbonyl (C=O) groups is 2. The number of nitrogens with zero attached hydrogens (tertiary/aromatic N) is 2. The minimum atomic E-state index is -0.0532. The number of rotatable bonds is 6. The largest absolute Gasteiger partial charge is 0.294 e. The molecular weight excluding hydrogens is 306 g/mol. The van der Waals surface area contributed by atoms with Crippen molar-refractivity contribution < 1.29 is 9.59 Å². The van der Waals surface area contributed by atoms with Gasteiger partial charge in [-0.15, -0.1) is 0 Å². The molecule has 0 bridgehead atoms. The molecule has 0 aliphatic carbocycles. The average molecular weight is 319 g/mol. The van der Waals surface area contributed by atoms with Gasteiger partial charge in [0.2, 0.25) is 5.95 Å². The third-order valence-corrected chi connectivity index (χ3v) is 4.01. The van der Waals surface area contributed by atoms with Crippen molar-refractivity contribution in [2.45, 2.75) is 11.8 Å². The molecule has 0 amide bonds. The zero-order valence-corrected chi connectivity index (χ0v) is 12.9. The second kappa shape index (κ2) is 7.80. The lowest BCUT2D eigenvalue weighted by molar-refractivity contribution is -0.109. The molecule has 0 saturated carbocycles. The number of Topliss-reactive ketones (excluding diaryl/α,β-unsaturated/α-hetero) is 1. The van der Waals surface area contributed by atoms with Gasteiger partial charge in [-0.3, -0.25) is 14.3 Å². The minimum Gasteiger partial charge on any atom is -0.294 e. The molecule has 0 radical (unpaired) electrons. The lowest BCUT2D eigenvalue weighted by Crippen LogP contribution is -2.03. The first kappa shape index (κ1) is 15.5. The van der Waals surface area contributed by atoms with Gasteiger partial charge in [-0.1, -0.05) is 23.9 Å². The van der Waals surface area contributed by atoms with Crippen LogP contribution in [0.25, 0.3) is 0 Å². The van der Waals surface area contributed by atoms with Gasteiger partial charge < -0.3 is 0 Å². The number of aromatic nitrogens is 2. The van der Waals surface area contributed by atoms with Crippen molar-refractivity contribution in [3.8, 4) is 0 Å². The summed E-state index contributed by atoms with van der Waals surface area (Å²) in [6.45, 7) is 1.45. The van der Waals surface area contributed by atoms with E-state index in [1.807, 2.05) is 12.1 Å². The highest BCUT2D eigenvalue weighted by atomic mass is 32.2. The molecule has 21 heavy (non-hydrogen) atoms. The van der Waals surface area contributed by atoms with Gasteiger partial charge in [0.25, 0.3) is 0 Å². The molecule has 1 aromatic heterocycles. The van der Waals surface area contributed by atoms with Crippen molar-refractivity contribution in [2.75, 3.05) is 10.5 Å². The van der Waals surface area contributed by atoms with E-state index in [9.17, 15) is 9.59 Å². The molecule has 0 atom stereocenters. The van der Waals surface area contributed by atoms with Crippen molar-refractivity contribution in [1.29, 1.82) is 0 Å². The number of thioether (sulfide) groups is 1. The van der Waals surface area contributed by atoms with Crippen LogP contribution < -0.4 is 4.72 Å². The smallest absolute Gasteiger partial charge is 0.233 e. The Kier molecular flexibility index (Phi) is 5.77. The summed E-state index contributed by atoms with van der Waals surface area (Å²) in [5, 5.41) is -0.0532. The molecule has 0 saturated heterocycles. The summed E-state index contributed by atoms with van der Waals surface area (Å²) in [5.41, 5.74) is 0.601. The van der Waals surface area contributed by atoms with E-state index in [1.165, 1.54) is 18.9 Å². The van der Waals surface area contributed by atoms with Crippen molar-refractivity contribution >= 4 is 40.6 Å². The first-order valence-corrected chi connectivity index (χ1v) is 7.92. The monoisotopic (exact) mass is 319 g/mol. The first-order valence-electron chi connectivity index (χ1n) is 6.11. The molecular formula is C14H13N3O2S2. The fraction of sp³-hybridized carbons (Fsp3) is 0.143. The minimum absolute atomic E-state index is 0.0499. The summed E-state index contributed by atoms with van der Waals surface area (Å²) in [7, 11) is 0. The Hall–Kier alpha value is -1.86. The third-order valence-electron chi connectivity index (χ3n) is 2.41. The lowest BCUT2D eigenvalue weighted by atomic mass is 10.1. The summed E-state index contributed by atoms with van der Waals surface area (Å²) in [4.78, 5) is 31.7. The number of hydrogen-bond donors (Lipinski definition) is 1. The number of anilines is 1. The highest BCUT2D eigenvalue weighted by Gasteiger charge is 2.07. The van der Waals surface area contributed by atoms with Gasteiger partial charge in [-0.05, 0) is 30.1 Å². The van der Waals surface area contributed by atoms with Gasteiger partial charge >= 0.3 is 0 Å². The number of carbonyl (C=O) groups excluding carboxylic acids is 2. The zero-order chi connectivity index (χ0) is 15.1. The Labute approximate surface area is 131 Å². The summed E-state index contributed by atoms with van der Waals surface area (Å²) in [6.07, 6.45) is 3.31. The molecule has 2 aromatic rings. The van der Waals surface area contributed by atoms with E-state index in [-0.39, 0.29) is 16.7 Å². The van der Waals surface area contributed by atoms with Gasteiger partial charge in [-0.25, -0.2) is 9.97 Å². The van der Waals surface area contributed by atoms with E-state index in [1.54, 1.807) is 30.6 Å². The van der Waals surface area contributed by atoms with Crippen molar-refractivity contribution in [3.63, 3.8) is 0 Å². The van der Waals surface area contributed by atoms with Crippen LogP contribution >= 0.6 is 23.7 Å². The maximum Gasteiger partial charge on any atom is 0.233 e. The van der Waals surface area contributed by atoms with Crippen LogP contribution in [-0.2, 0) is 4.79 Å². The predicted octanol–water partition coefficient (Wildman–Crippen LogP) is 3.06. The van der Waals surface area contributed by atoms with Crippen LogP contribution in [0.3, 0.4) is 0 Å². The highest BCUT2D eigenvalue weighted by Crippen LogP contribution is 2.19. The predicted molar refractivity (Wildman–Crippen MR) is 85.4 cm³/mol. The van der Waals surface area contributed by atoms with Crippen LogP contribution in [0.5, 0.6) is 0 Å². The molecule has 2 rings (SSSR count). The van der Waals surface area contributed by atoms with Crippen molar-refractivity contribution in [2.24, 2.45) is 0 Å². The summed E-state index contributed by atoms with van der Waals surface area (Å²) >= 11 is 2.39. The van der Waals surface area contributed by atoms with Crippen molar-refractivity contribution in [1.82, 2.24) is 9.97 Å². The SMILES string of the molecule is CC(=O)SCC(=O)c1ccc(SNc2ncccn2)cc1. The molecule has 0 spiro atoms. The zero-order valence-electron chi connectivity index (χ0n) is 11.3. The second-order valence-corrected chi connectivity index (χ2v) is 6.04. The molecule has 1 heterocycles. The molecule has 1 aromatic carbocycles. The number of nitrogens with one attached hydrogen (secondary N) is 1. The van der Waals surface area contributed by atoms with Crippen LogP contribution in [0.1, 0.15) is 17.3 Å². The van der Waals surface area contributed by atoms with E-state index in [0.717, 1.165) is 16.7 Å². The normalized spacial score (nSPS) is 10.1. The molecule has 0 aliphatic rings. The maximum atomic E-state index is 11.8. The van der Waals surface area contributed by atoms with Gasteiger partial charge in [0.05, 0.1) is 5.75 Å². The van der Waals surface area contributed by atoms with E-state index in [0.29, 0.717) is 11.5 Å². The number of ketones is 1. The van der Waals surface area contributed by atoms with Crippen LogP contribution in [0.4, 0.5) is 5.95 Å². The Bertz CT molecular complexity index is 618. The fourth-order valence-electron chi connectivity index (χ4n) is 1.42. The Morgan fingerprint density at radius 1 is 1.14 bits per heavy atom. The van der Waals surface area contributed by atoms with E-state index < -0.39 is 0 Å². The lowest BCUT2D eigenvalue weighted by Gasteiger charge is -2.04. The Balaban J connectivity index is 1.89. The fourth-order valence-corrected chi connectivity index (χ4v) is 2.50. The molecule has 108 valence electrons. The molecule has 5 nitrogen and oxygen atoms in total. The molecule has 7 heteroatoms. The topological polar surface area (TPSA) is 72.0 Å².